The Balaban J connectivity index is 3.12. The van der Waals surface area contributed by atoms with Crippen LogP contribution in [0.3, 0.4) is 0 Å². The van der Waals surface area contributed by atoms with Crippen molar-refractivity contribution in [3.8, 4) is 11.5 Å². The number of hydrogen-bond acceptors (Lipinski definition) is 6. The number of ether oxygens (including phenoxy) is 3. The topological polar surface area (TPSA) is 78.9 Å². The highest BCUT2D eigenvalue weighted by Crippen LogP contribution is 2.33. The molecular weight excluding hydrogens is 300 g/mol. The molecule has 1 aromatic carbocycles. The Morgan fingerprint density at radius 2 is 1.61 bits per heavy atom. The van der Waals surface area contributed by atoms with Gasteiger partial charge in [-0.1, -0.05) is 19.9 Å². The van der Waals surface area contributed by atoms with Crippen LogP contribution in [0.4, 0.5) is 0 Å². The maximum Gasteiger partial charge on any atom is 0.313 e. The van der Waals surface area contributed by atoms with Gasteiger partial charge < -0.3 is 14.2 Å². The minimum Gasteiger partial charge on any atom is -0.465 e. The smallest absolute Gasteiger partial charge is 0.313 e. The van der Waals surface area contributed by atoms with Gasteiger partial charge in [0.25, 0.3) is 0 Å². The van der Waals surface area contributed by atoms with Gasteiger partial charge >= 0.3 is 17.9 Å². The molecule has 6 heteroatoms. The number of carbonyl (C=O) groups is 3. The van der Waals surface area contributed by atoms with Gasteiger partial charge in [0.2, 0.25) is 0 Å². The Hall–Kier alpha value is -2.37. The van der Waals surface area contributed by atoms with Crippen molar-refractivity contribution in [3.63, 3.8) is 0 Å². The highest BCUT2D eigenvalue weighted by Gasteiger charge is 2.22. The molecule has 0 amide bonds. The molecule has 1 atom stereocenters. The van der Waals surface area contributed by atoms with Crippen LogP contribution in [-0.2, 0) is 19.1 Å². The van der Waals surface area contributed by atoms with Crippen LogP contribution in [0.15, 0.2) is 18.2 Å². The molecule has 0 aliphatic rings. The highest BCUT2D eigenvalue weighted by molar-refractivity contribution is 5.79. The summed E-state index contributed by atoms with van der Waals surface area (Å²) in [5.41, 5.74) is 0.640. The predicted octanol–water partition coefficient (Wildman–Crippen LogP) is 2.98. The van der Waals surface area contributed by atoms with E-state index >= 15 is 0 Å². The lowest BCUT2D eigenvalue weighted by molar-refractivity contribution is -0.145. The number of esters is 3. The van der Waals surface area contributed by atoms with Gasteiger partial charge in [-0.2, -0.15) is 0 Å². The molecule has 0 aliphatic heterocycles. The van der Waals surface area contributed by atoms with Gasteiger partial charge in [-0.15, -0.1) is 0 Å². The molecule has 0 N–H and O–H groups in total. The van der Waals surface area contributed by atoms with Gasteiger partial charge in [0.15, 0.2) is 11.5 Å². The molecular formula is C17H22O6. The summed E-state index contributed by atoms with van der Waals surface area (Å²) in [5.74, 6) is -1.64. The second-order valence-electron chi connectivity index (χ2n) is 5.02. The number of benzene rings is 1. The maximum atomic E-state index is 12.1. The van der Waals surface area contributed by atoms with E-state index in [1.54, 1.807) is 6.07 Å². The molecule has 0 saturated carbocycles. The quantitative estimate of drug-likeness (QED) is 0.567. The number of rotatable bonds is 7. The largest absolute Gasteiger partial charge is 0.465 e. The maximum absolute atomic E-state index is 12.1. The Kier molecular flexibility index (Phi) is 7.25. The molecule has 0 aliphatic carbocycles. The van der Waals surface area contributed by atoms with E-state index in [4.69, 9.17) is 14.2 Å². The fourth-order valence-electron chi connectivity index (χ4n) is 2.06. The molecule has 1 unspecified atom stereocenters. The van der Waals surface area contributed by atoms with Crippen molar-refractivity contribution in [2.75, 3.05) is 6.61 Å². The van der Waals surface area contributed by atoms with E-state index in [9.17, 15) is 14.4 Å². The van der Waals surface area contributed by atoms with E-state index in [0.29, 0.717) is 18.6 Å². The Bertz CT molecular complexity index is 578. The van der Waals surface area contributed by atoms with Crippen molar-refractivity contribution in [2.24, 2.45) is 0 Å². The summed E-state index contributed by atoms with van der Waals surface area (Å²) in [6.45, 7) is 6.64. The summed E-state index contributed by atoms with van der Waals surface area (Å²) in [5, 5.41) is 0. The van der Waals surface area contributed by atoms with Crippen molar-refractivity contribution < 1.29 is 28.6 Å². The van der Waals surface area contributed by atoms with Crippen LogP contribution in [0.2, 0.25) is 0 Å². The highest BCUT2D eigenvalue weighted by atomic mass is 16.6. The third-order valence-corrected chi connectivity index (χ3v) is 3.02. The first kappa shape index (κ1) is 18.7. The Morgan fingerprint density at radius 1 is 1.00 bits per heavy atom. The van der Waals surface area contributed by atoms with Crippen LogP contribution in [0, 0.1) is 0 Å². The Morgan fingerprint density at radius 3 is 2.13 bits per heavy atom. The third-order valence-electron chi connectivity index (χ3n) is 3.02. The van der Waals surface area contributed by atoms with Crippen LogP contribution in [0.25, 0.3) is 0 Å². The van der Waals surface area contributed by atoms with Crippen LogP contribution in [0.5, 0.6) is 11.5 Å². The zero-order valence-corrected chi connectivity index (χ0v) is 13.9. The fraction of sp³-hybridized carbons (Fsp3) is 0.471. The van der Waals surface area contributed by atoms with Crippen molar-refractivity contribution in [2.45, 2.75) is 46.5 Å². The fourth-order valence-corrected chi connectivity index (χ4v) is 2.06. The average Bonchev–Trinajstić information content (AvgIpc) is 2.47. The second kappa shape index (κ2) is 8.92. The molecule has 23 heavy (non-hydrogen) atoms. The first-order valence-corrected chi connectivity index (χ1v) is 7.56. The summed E-state index contributed by atoms with van der Waals surface area (Å²) >= 11 is 0. The summed E-state index contributed by atoms with van der Waals surface area (Å²) in [6.07, 6.45) is 1.28. The summed E-state index contributed by atoms with van der Waals surface area (Å²) in [4.78, 5) is 34.5. The first-order valence-electron chi connectivity index (χ1n) is 7.56. The van der Waals surface area contributed by atoms with Gasteiger partial charge in [-0.3, -0.25) is 14.4 Å². The molecule has 0 heterocycles. The molecule has 0 radical (unpaired) electrons. The number of hydrogen-bond donors (Lipinski definition) is 0. The minimum absolute atomic E-state index is 0.104. The van der Waals surface area contributed by atoms with Gasteiger partial charge in [0.1, 0.15) is 0 Å². The van der Waals surface area contributed by atoms with Crippen LogP contribution in [0.1, 0.15) is 52.0 Å². The lowest BCUT2D eigenvalue weighted by Gasteiger charge is -2.16. The van der Waals surface area contributed by atoms with Crippen LogP contribution >= 0.6 is 0 Å². The molecule has 0 bridgehead atoms. The van der Waals surface area contributed by atoms with Crippen molar-refractivity contribution in [1.29, 1.82) is 0 Å². The first-order chi connectivity index (χ1) is 10.9. The van der Waals surface area contributed by atoms with E-state index in [-0.39, 0.29) is 17.5 Å². The second-order valence-corrected chi connectivity index (χ2v) is 5.02. The van der Waals surface area contributed by atoms with Crippen molar-refractivity contribution in [1.82, 2.24) is 0 Å². The summed E-state index contributed by atoms with van der Waals surface area (Å²) in [7, 11) is 0. The normalized spacial score (nSPS) is 11.5. The molecule has 1 rings (SSSR count). The lowest BCUT2D eigenvalue weighted by Crippen LogP contribution is -2.16. The van der Waals surface area contributed by atoms with Gasteiger partial charge in [-0.05, 0) is 30.5 Å². The lowest BCUT2D eigenvalue weighted by atomic mass is 9.96. The Labute approximate surface area is 135 Å². The van der Waals surface area contributed by atoms with E-state index in [0.717, 1.165) is 6.42 Å². The zero-order chi connectivity index (χ0) is 17.4. The van der Waals surface area contributed by atoms with Gasteiger partial charge in [0, 0.05) is 13.8 Å². The zero-order valence-electron chi connectivity index (χ0n) is 13.9. The summed E-state index contributed by atoms with van der Waals surface area (Å²) < 4.78 is 15.3. The summed E-state index contributed by atoms with van der Waals surface area (Å²) in [6, 6.07) is 4.69. The molecule has 0 spiro atoms. The molecule has 126 valence electrons. The monoisotopic (exact) mass is 322 g/mol. The molecule has 0 aromatic heterocycles. The number of carbonyl (C=O) groups excluding carboxylic acids is 3. The average molecular weight is 322 g/mol. The minimum atomic E-state index is -0.544. The van der Waals surface area contributed by atoms with E-state index in [1.165, 1.54) is 26.0 Å². The van der Waals surface area contributed by atoms with E-state index < -0.39 is 17.9 Å². The van der Waals surface area contributed by atoms with E-state index in [1.807, 2.05) is 13.8 Å². The molecule has 0 fully saturated rings. The molecule has 1 aromatic rings. The van der Waals surface area contributed by atoms with Gasteiger partial charge in [0.05, 0.1) is 12.5 Å². The van der Waals surface area contributed by atoms with Crippen molar-refractivity contribution in [3.05, 3.63) is 23.8 Å². The standard InChI is InChI=1S/C17H22O6/c1-5-9-21-17(20)14(6-2)13-7-8-15(22-11(3)18)16(10-13)23-12(4)19/h7-8,10,14H,5-6,9H2,1-4H3. The predicted molar refractivity (Wildman–Crippen MR) is 83.3 cm³/mol. The molecule has 6 nitrogen and oxygen atoms in total. The molecule has 0 saturated heterocycles. The van der Waals surface area contributed by atoms with Gasteiger partial charge in [-0.25, -0.2) is 0 Å². The van der Waals surface area contributed by atoms with Crippen molar-refractivity contribution >= 4 is 17.9 Å². The SMILES string of the molecule is CCCOC(=O)C(CC)c1ccc(OC(C)=O)c(OC(C)=O)c1. The van der Waals surface area contributed by atoms with E-state index in [2.05, 4.69) is 0 Å². The van der Waals surface area contributed by atoms with Crippen LogP contribution < -0.4 is 9.47 Å². The third kappa shape index (κ3) is 5.73. The van der Waals surface area contributed by atoms with Crippen LogP contribution in [-0.4, -0.2) is 24.5 Å².